The first-order valence-electron chi connectivity index (χ1n) is 4.93. The molecule has 0 saturated heterocycles. The van der Waals surface area contributed by atoms with Crippen LogP contribution in [0.15, 0.2) is 18.2 Å². The number of carboxylic acids is 1. The van der Waals surface area contributed by atoms with Gasteiger partial charge in [0.2, 0.25) is 0 Å². The van der Waals surface area contributed by atoms with Gasteiger partial charge < -0.3 is 15.2 Å². The standard InChI is InChI=1S/C11H11F2NO4/c1-18-5-9(11(16)17)14-10(15)7-4-6(12)2-3-8(7)13/h2-4,9H,5H2,1H3,(H,14,15)(H,16,17). The number of nitrogens with one attached hydrogen (secondary N) is 1. The molecule has 0 aliphatic heterocycles. The third-order valence-electron chi connectivity index (χ3n) is 2.11. The van der Waals surface area contributed by atoms with Gasteiger partial charge in [-0.2, -0.15) is 0 Å². The van der Waals surface area contributed by atoms with Crippen molar-refractivity contribution >= 4 is 11.9 Å². The minimum absolute atomic E-state index is 0.280. The zero-order chi connectivity index (χ0) is 13.7. The van der Waals surface area contributed by atoms with Crippen LogP contribution in [0, 0.1) is 11.6 Å². The number of carboxylic acid groups (broad SMARTS) is 1. The number of amides is 1. The summed E-state index contributed by atoms with van der Waals surface area (Å²) in [7, 11) is 1.25. The highest BCUT2D eigenvalue weighted by molar-refractivity contribution is 5.96. The molecule has 0 spiro atoms. The predicted molar refractivity (Wildman–Crippen MR) is 57.1 cm³/mol. The fraction of sp³-hybridized carbons (Fsp3) is 0.273. The fourth-order valence-corrected chi connectivity index (χ4v) is 1.25. The van der Waals surface area contributed by atoms with Gasteiger partial charge in [-0.05, 0) is 18.2 Å². The van der Waals surface area contributed by atoms with Gasteiger partial charge in [-0.15, -0.1) is 0 Å². The number of halogens is 2. The van der Waals surface area contributed by atoms with E-state index in [1.807, 2.05) is 5.32 Å². The average Bonchev–Trinajstić information content (AvgIpc) is 2.31. The van der Waals surface area contributed by atoms with E-state index in [2.05, 4.69) is 4.74 Å². The number of ether oxygens (including phenoxy) is 1. The van der Waals surface area contributed by atoms with E-state index in [0.29, 0.717) is 6.07 Å². The zero-order valence-electron chi connectivity index (χ0n) is 9.44. The summed E-state index contributed by atoms with van der Waals surface area (Å²) in [5, 5.41) is 10.8. The Labute approximate surface area is 101 Å². The van der Waals surface area contributed by atoms with E-state index in [-0.39, 0.29) is 6.61 Å². The largest absolute Gasteiger partial charge is 0.480 e. The molecular weight excluding hydrogens is 248 g/mol. The van der Waals surface area contributed by atoms with Gasteiger partial charge in [0.15, 0.2) is 6.04 Å². The molecule has 1 aromatic carbocycles. The topological polar surface area (TPSA) is 75.6 Å². The molecule has 2 N–H and O–H groups in total. The van der Waals surface area contributed by atoms with E-state index in [0.717, 1.165) is 12.1 Å². The summed E-state index contributed by atoms with van der Waals surface area (Å²) in [6, 6.07) is 1.01. The highest BCUT2D eigenvalue weighted by Gasteiger charge is 2.22. The Morgan fingerprint density at radius 3 is 2.67 bits per heavy atom. The van der Waals surface area contributed by atoms with Crippen LogP contribution in [0.4, 0.5) is 8.78 Å². The van der Waals surface area contributed by atoms with Crippen molar-refractivity contribution in [3.05, 3.63) is 35.4 Å². The van der Waals surface area contributed by atoms with Gasteiger partial charge in [0.05, 0.1) is 12.2 Å². The molecule has 98 valence electrons. The lowest BCUT2D eigenvalue weighted by Crippen LogP contribution is -2.44. The lowest BCUT2D eigenvalue weighted by molar-refractivity contribution is -0.140. The predicted octanol–water partition coefficient (Wildman–Crippen LogP) is 0.794. The van der Waals surface area contributed by atoms with E-state index in [1.165, 1.54) is 7.11 Å². The van der Waals surface area contributed by atoms with Gasteiger partial charge in [-0.3, -0.25) is 4.79 Å². The number of benzene rings is 1. The van der Waals surface area contributed by atoms with Gasteiger partial charge in [0.25, 0.3) is 5.91 Å². The summed E-state index contributed by atoms with van der Waals surface area (Å²) in [4.78, 5) is 22.3. The molecule has 0 aromatic heterocycles. The third-order valence-corrected chi connectivity index (χ3v) is 2.11. The van der Waals surface area contributed by atoms with Crippen LogP contribution in [-0.4, -0.2) is 36.7 Å². The molecule has 1 unspecified atom stereocenters. The second kappa shape index (κ2) is 6.06. The Morgan fingerprint density at radius 2 is 2.11 bits per heavy atom. The number of hydrogen-bond acceptors (Lipinski definition) is 3. The molecular formula is C11H11F2NO4. The summed E-state index contributed by atoms with van der Waals surface area (Å²) in [6.07, 6.45) is 0. The molecule has 0 saturated carbocycles. The van der Waals surface area contributed by atoms with Gasteiger partial charge in [-0.1, -0.05) is 0 Å². The number of aliphatic carboxylic acids is 1. The van der Waals surface area contributed by atoms with Gasteiger partial charge in [0.1, 0.15) is 11.6 Å². The van der Waals surface area contributed by atoms with Crippen LogP contribution in [0.1, 0.15) is 10.4 Å². The maximum Gasteiger partial charge on any atom is 0.328 e. The number of carbonyl (C=O) groups excluding carboxylic acids is 1. The molecule has 1 atom stereocenters. The lowest BCUT2D eigenvalue weighted by Gasteiger charge is -2.13. The summed E-state index contributed by atoms with van der Waals surface area (Å²) >= 11 is 0. The normalized spacial score (nSPS) is 11.9. The van der Waals surface area contributed by atoms with E-state index in [1.54, 1.807) is 0 Å². The molecule has 0 fully saturated rings. The van der Waals surface area contributed by atoms with E-state index < -0.39 is 35.1 Å². The summed E-state index contributed by atoms with van der Waals surface area (Å²) in [6.45, 7) is -0.280. The first-order valence-corrected chi connectivity index (χ1v) is 4.93. The minimum Gasteiger partial charge on any atom is -0.480 e. The Balaban J connectivity index is 2.86. The molecule has 0 aliphatic rings. The van der Waals surface area contributed by atoms with Crippen molar-refractivity contribution in [3.8, 4) is 0 Å². The summed E-state index contributed by atoms with van der Waals surface area (Å²) < 4.78 is 30.7. The van der Waals surface area contributed by atoms with Crippen LogP contribution in [0.3, 0.4) is 0 Å². The van der Waals surface area contributed by atoms with Crippen molar-refractivity contribution < 1.29 is 28.2 Å². The second-order valence-corrected chi connectivity index (χ2v) is 3.44. The van der Waals surface area contributed by atoms with Crippen LogP contribution in [0.5, 0.6) is 0 Å². The lowest BCUT2D eigenvalue weighted by atomic mass is 10.1. The van der Waals surface area contributed by atoms with Gasteiger partial charge >= 0.3 is 5.97 Å². The van der Waals surface area contributed by atoms with Crippen LogP contribution >= 0.6 is 0 Å². The third kappa shape index (κ3) is 3.49. The van der Waals surface area contributed by atoms with Crippen molar-refractivity contribution in [1.29, 1.82) is 0 Å². The molecule has 0 heterocycles. The fourth-order valence-electron chi connectivity index (χ4n) is 1.25. The van der Waals surface area contributed by atoms with E-state index in [9.17, 15) is 18.4 Å². The van der Waals surface area contributed by atoms with Crippen molar-refractivity contribution in [2.75, 3.05) is 13.7 Å². The smallest absolute Gasteiger partial charge is 0.328 e. The van der Waals surface area contributed by atoms with Crippen LogP contribution in [0.25, 0.3) is 0 Å². The second-order valence-electron chi connectivity index (χ2n) is 3.44. The van der Waals surface area contributed by atoms with Crippen LogP contribution < -0.4 is 5.32 Å². The Hall–Kier alpha value is -2.02. The molecule has 5 nitrogen and oxygen atoms in total. The molecule has 0 radical (unpaired) electrons. The Morgan fingerprint density at radius 1 is 1.44 bits per heavy atom. The summed E-state index contributed by atoms with van der Waals surface area (Å²) in [5.41, 5.74) is -0.558. The quantitative estimate of drug-likeness (QED) is 0.819. The number of methoxy groups -OCH3 is 1. The van der Waals surface area contributed by atoms with E-state index >= 15 is 0 Å². The summed E-state index contributed by atoms with van der Waals surface area (Å²) in [5.74, 6) is -4.07. The number of hydrogen-bond donors (Lipinski definition) is 2. The minimum atomic E-state index is -1.33. The monoisotopic (exact) mass is 259 g/mol. The first-order chi connectivity index (χ1) is 8.45. The molecule has 7 heteroatoms. The van der Waals surface area contributed by atoms with E-state index in [4.69, 9.17) is 5.11 Å². The molecule has 0 bridgehead atoms. The maximum atomic E-state index is 13.3. The van der Waals surface area contributed by atoms with Crippen molar-refractivity contribution in [1.82, 2.24) is 5.32 Å². The molecule has 18 heavy (non-hydrogen) atoms. The highest BCUT2D eigenvalue weighted by atomic mass is 19.1. The molecule has 1 amide bonds. The number of carbonyl (C=O) groups is 2. The van der Waals surface area contributed by atoms with Crippen LogP contribution in [-0.2, 0) is 9.53 Å². The first kappa shape index (κ1) is 14.0. The Kier molecular flexibility index (Phi) is 4.73. The van der Waals surface area contributed by atoms with Gasteiger partial charge in [-0.25, -0.2) is 13.6 Å². The average molecular weight is 259 g/mol. The number of rotatable bonds is 5. The zero-order valence-corrected chi connectivity index (χ0v) is 9.44. The van der Waals surface area contributed by atoms with Crippen molar-refractivity contribution in [3.63, 3.8) is 0 Å². The molecule has 1 rings (SSSR count). The Bertz CT molecular complexity index is 464. The van der Waals surface area contributed by atoms with Crippen molar-refractivity contribution in [2.24, 2.45) is 0 Å². The SMILES string of the molecule is COCC(NC(=O)c1cc(F)ccc1F)C(=O)O. The maximum absolute atomic E-state index is 13.3. The van der Waals surface area contributed by atoms with Gasteiger partial charge in [0, 0.05) is 7.11 Å². The van der Waals surface area contributed by atoms with Crippen LogP contribution in [0.2, 0.25) is 0 Å². The van der Waals surface area contributed by atoms with Crippen molar-refractivity contribution in [2.45, 2.75) is 6.04 Å². The highest BCUT2D eigenvalue weighted by Crippen LogP contribution is 2.09. The molecule has 1 aromatic rings. The molecule has 0 aliphatic carbocycles.